The average molecular weight is 372 g/mol. The molecule has 0 N–H and O–H groups in total. The number of carbonyl (C=O) groups is 2. The predicted molar refractivity (Wildman–Crippen MR) is 102 cm³/mol. The lowest BCUT2D eigenvalue weighted by atomic mass is 9.77. The Hall–Kier alpha value is -1.91. The van der Waals surface area contributed by atoms with Gasteiger partial charge in [-0.2, -0.15) is 0 Å². The molecule has 0 radical (unpaired) electrons. The lowest BCUT2D eigenvalue weighted by Crippen LogP contribution is -2.54. The summed E-state index contributed by atoms with van der Waals surface area (Å²) in [7, 11) is 0. The number of benzene rings is 1. The molecule has 2 heterocycles. The van der Waals surface area contributed by atoms with Gasteiger partial charge in [-0.05, 0) is 68.7 Å². The zero-order valence-corrected chi connectivity index (χ0v) is 15.9. The molecule has 4 rings (SSSR count). The highest BCUT2D eigenvalue weighted by Gasteiger charge is 2.39. The van der Waals surface area contributed by atoms with E-state index in [2.05, 4.69) is 4.90 Å². The molecule has 1 aromatic carbocycles. The molecule has 1 aromatic rings. The number of rotatable bonds is 2. The van der Waals surface area contributed by atoms with Crippen molar-refractivity contribution in [3.8, 4) is 0 Å². The van der Waals surface area contributed by atoms with Crippen LogP contribution in [-0.2, 0) is 4.79 Å². The van der Waals surface area contributed by atoms with E-state index >= 15 is 0 Å². The first-order chi connectivity index (χ1) is 13.1. The average Bonchev–Trinajstić information content (AvgIpc) is 2.73. The molecule has 4 nitrogen and oxygen atoms in total. The molecular formula is C22H29FN2O2. The van der Waals surface area contributed by atoms with E-state index in [0.29, 0.717) is 30.6 Å². The van der Waals surface area contributed by atoms with Crippen LogP contribution in [0.25, 0.3) is 0 Å². The van der Waals surface area contributed by atoms with Crippen molar-refractivity contribution in [3.05, 3.63) is 35.6 Å². The van der Waals surface area contributed by atoms with Crippen LogP contribution in [0.3, 0.4) is 0 Å². The molecule has 3 aliphatic rings. The van der Waals surface area contributed by atoms with Gasteiger partial charge in [0.25, 0.3) is 5.91 Å². The largest absolute Gasteiger partial charge is 0.339 e. The SMILES string of the molecule is O=C(c1ccc(F)cc1)N1CCC[C@H](C(=O)N2CCC[C@@H]3CCCC[C@H]32)C1. The van der Waals surface area contributed by atoms with Crippen molar-refractivity contribution in [3.63, 3.8) is 0 Å². The van der Waals surface area contributed by atoms with Gasteiger partial charge in [-0.15, -0.1) is 0 Å². The van der Waals surface area contributed by atoms with Crippen LogP contribution >= 0.6 is 0 Å². The van der Waals surface area contributed by atoms with E-state index in [1.165, 1.54) is 49.9 Å². The maximum absolute atomic E-state index is 13.3. The van der Waals surface area contributed by atoms with Gasteiger partial charge in [-0.25, -0.2) is 4.39 Å². The highest BCUT2D eigenvalue weighted by atomic mass is 19.1. The second-order valence-electron chi connectivity index (χ2n) is 8.38. The van der Waals surface area contributed by atoms with Crippen LogP contribution in [0.1, 0.15) is 61.7 Å². The Morgan fingerprint density at radius 3 is 2.41 bits per heavy atom. The van der Waals surface area contributed by atoms with Crippen molar-refractivity contribution in [2.24, 2.45) is 11.8 Å². The van der Waals surface area contributed by atoms with Gasteiger partial charge in [0.2, 0.25) is 5.91 Å². The summed E-state index contributed by atoms with van der Waals surface area (Å²) < 4.78 is 13.1. The second-order valence-corrected chi connectivity index (χ2v) is 8.38. The third-order valence-corrected chi connectivity index (χ3v) is 6.68. The summed E-state index contributed by atoms with van der Waals surface area (Å²) >= 11 is 0. The number of hydrogen-bond donors (Lipinski definition) is 0. The maximum atomic E-state index is 13.3. The van der Waals surface area contributed by atoms with Crippen LogP contribution in [0.5, 0.6) is 0 Å². The first-order valence-electron chi connectivity index (χ1n) is 10.5. The molecular weight excluding hydrogens is 343 g/mol. The van der Waals surface area contributed by atoms with Gasteiger partial charge in [0, 0.05) is 31.2 Å². The fraction of sp³-hybridized carbons (Fsp3) is 0.636. The van der Waals surface area contributed by atoms with Crippen LogP contribution in [0, 0.1) is 17.7 Å². The van der Waals surface area contributed by atoms with E-state index in [9.17, 15) is 14.0 Å². The van der Waals surface area contributed by atoms with Crippen LogP contribution in [0.4, 0.5) is 4.39 Å². The Balaban J connectivity index is 1.43. The van der Waals surface area contributed by atoms with Gasteiger partial charge in [0.1, 0.15) is 5.82 Å². The summed E-state index contributed by atoms with van der Waals surface area (Å²) in [6, 6.07) is 6.11. The lowest BCUT2D eigenvalue weighted by Gasteiger charge is -2.46. The molecule has 3 fully saturated rings. The Morgan fingerprint density at radius 1 is 0.889 bits per heavy atom. The number of hydrogen-bond acceptors (Lipinski definition) is 2. The van der Waals surface area contributed by atoms with Crippen molar-refractivity contribution in [2.45, 2.75) is 57.4 Å². The van der Waals surface area contributed by atoms with E-state index in [1.807, 2.05) is 0 Å². The highest BCUT2D eigenvalue weighted by molar-refractivity contribution is 5.94. The molecule has 0 aromatic heterocycles. The fourth-order valence-electron chi connectivity index (χ4n) is 5.27. The second kappa shape index (κ2) is 7.99. The van der Waals surface area contributed by atoms with E-state index in [-0.39, 0.29) is 23.5 Å². The molecule has 0 bridgehead atoms. The van der Waals surface area contributed by atoms with Crippen molar-refractivity contribution < 1.29 is 14.0 Å². The maximum Gasteiger partial charge on any atom is 0.253 e. The van der Waals surface area contributed by atoms with Gasteiger partial charge >= 0.3 is 0 Å². The number of nitrogens with zero attached hydrogens (tertiary/aromatic N) is 2. The lowest BCUT2D eigenvalue weighted by molar-refractivity contribution is -0.143. The summed E-state index contributed by atoms with van der Waals surface area (Å²) in [4.78, 5) is 30.0. The van der Waals surface area contributed by atoms with Crippen LogP contribution in [0.2, 0.25) is 0 Å². The number of piperidine rings is 2. The van der Waals surface area contributed by atoms with Crippen molar-refractivity contribution >= 4 is 11.8 Å². The number of fused-ring (bicyclic) bond motifs is 1. The highest BCUT2D eigenvalue weighted by Crippen LogP contribution is 2.36. The van der Waals surface area contributed by atoms with Gasteiger partial charge in [-0.1, -0.05) is 12.8 Å². The first-order valence-corrected chi connectivity index (χ1v) is 10.5. The third-order valence-electron chi connectivity index (χ3n) is 6.68. The first kappa shape index (κ1) is 18.5. The van der Waals surface area contributed by atoms with Crippen molar-refractivity contribution in [1.29, 1.82) is 0 Å². The van der Waals surface area contributed by atoms with E-state index in [4.69, 9.17) is 0 Å². The van der Waals surface area contributed by atoms with Crippen LogP contribution in [0.15, 0.2) is 24.3 Å². The molecule has 0 spiro atoms. The number of likely N-dealkylation sites (tertiary alicyclic amines) is 2. The van der Waals surface area contributed by atoms with Gasteiger partial charge in [-0.3, -0.25) is 9.59 Å². The van der Waals surface area contributed by atoms with E-state index in [1.54, 1.807) is 4.90 Å². The van der Waals surface area contributed by atoms with Crippen LogP contribution < -0.4 is 0 Å². The smallest absolute Gasteiger partial charge is 0.253 e. The minimum absolute atomic E-state index is 0.0937. The number of amides is 2. The molecule has 0 unspecified atom stereocenters. The Morgan fingerprint density at radius 2 is 1.59 bits per heavy atom. The third kappa shape index (κ3) is 3.87. The monoisotopic (exact) mass is 372 g/mol. The molecule has 2 aliphatic heterocycles. The number of carbonyl (C=O) groups excluding carboxylic acids is 2. The topological polar surface area (TPSA) is 40.6 Å². The van der Waals surface area contributed by atoms with Gasteiger partial charge in [0.05, 0.1) is 5.92 Å². The summed E-state index contributed by atoms with van der Waals surface area (Å²) in [5.41, 5.74) is 0.495. The Kier molecular flexibility index (Phi) is 5.46. The Bertz CT molecular complexity index is 688. The summed E-state index contributed by atoms with van der Waals surface area (Å²) in [5.74, 6) is 0.399. The fourth-order valence-corrected chi connectivity index (χ4v) is 5.27. The zero-order chi connectivity index (χ0) is 18.8. The molecule has 1 saturated carbocycles. The normalized spacial score (nSPS) is 28.6. The number of halogens is 1. The summed E-state index contributed by atoms with van der Waals surface area (Å²) in [6.07, 6.45) is 9.00. The summed E-state index contributed by atoms with van der Waals surface area (Å²) in [6.45, 7) is 2.04. The molecule has 1 aliphatic carbocycles. The summed E-state index contributed by atoms with van der Waals surface area (Å²) in [5, 5.41) is 0. The van der Waals surface area contributed by atoms with Crippen molar-refractivity contribution in [1.82, 2.24) is 9.80 Å². The van der Waals surface area contributed by atoms with Crippen molar-refractivity contribution in [2.75, 3.05) is 19.6 Å². The molecule has 5 heteroatoms. The quantitative estimate of drug-likeness (QED) is 0.791. The predicted octanol–water partition coefficient (Wildman–Crippen LogP) is 3.86. The molecule has 2 amide bonds. The minimum Gasteiger partial charge on any atom is -0.339 e. The molecule has 146 valence electrons. The Labute approximate surface area is 160 Å². The molecule has 2 saturated heterocycles. The standard InChI is InChI=1S/C22H29FN2O2/c23-19-11-9-17(10-12-19)21(26)24-13-3-7-18(15-24)22(27)25-14-4-6-16-5-1-2-8-20(16)25/h9-12,16,18,20H,1-8,13-15H2/t16-,18-,20+/m0/s1. The molecule has 3 atom stereocenters. The zero-order valence-electron chi connectivity index (χ0n) is 15.9. The van der Waals surface area contributed by atoms with E-state index < -0.39 is 0 Å². The van der Waals surface area contributed by atoms with Gasteiger partial charge in [0.15, 0.2) is 0 Å². The van der Waals surface area contributed by atoms with Gasteiger partial charge < -0.3 is 9.80 Å². The van der Waals surface area contributed by atoms with E-state index in [0.717, 1.165) is 32.2 Å². The molecule has 27 heavy (non-hydrogen) atoms. The minimum atomic E-state index is -0.342. The van der Waals surface area contributed by atoms with Crippen LogP contribution in [-0.4, -0.2) is 47.3 Å².